The first-order valence-corrected chi connectivity index (χ1v) is 13.6. The number of phenolic OH excluding ortho intramolecular Hbond substituents is 1. The van der Waals surface area contributed by atoms with Crippen molar-refractivity contribution in [2.24, 2.45) is 0 Å². The number of nitrogens with zero attached hydrogens (tertiary/aromatic N) is 5. The van der Waals surface area contributed by atoms with Gasteiger partial charge in [0.1, 0.15) is 22.9 Å². The highest BCUT2D eigenvalue weighted by atomic mass is 16.5. The number of rotatable bonds is 9. The van der Waals surface area contributed by atoms with Gasteiger partial charge in [0, 0.05) is 31.5 Å². The number of nitrogens with one attached hydrogen (secondary N) is 1. The number of fused-ring (bicyclic) bond motifs is 1. The molecule has 1 aliphatic heterocycles. The molecule has 0 bridgehead atoms. The van der Waals surface area contributed by atoms with Crippen LogP contribution in [0.2, 0.25) is 0 Å². The van der Waals surface area contributed by atoms with Crippen LogP contribution < -0.4 is 16.0 Å². The van der Waals surface area contributed by atoms with Gasteiger partial charge >= 0.3 is 0 Å². The van der Waals surface area contributed by atoms with E-state index in [9.17, 15) is 9.90 Å². The van der Waals surface area contributed by atoms with Gasteiger partial charge in [-0.05, 0) is 72.6 Å². The van der Waals surface area contributed by atoms with Crippen molar-refractivity contribution in [2.45, 2.75) is 13.0 Å². The number of ether oxygens (including phenoxy) is 1. The molecule has 0 saturated carbocycles. The SMILES string of the molecule is Nc1ncccc1-c1nc2ccc(N3CCOCC3)nc2n1-c1ccc(CNCCc2ccc(C=O)c(O)c2)cc1. The number of aldehydes is 1. The Morgan fingerprint density at radius 3 is 2.56 bits per heavy atom. The molecule has 3 aromatic heterocycles. The lowest BCUT2D eigenvalue weighted by Gasteiger charge is -2.27. The predicted octanol–water partition coefficient (Wildman–Crippen LogP) is 3.75. The predicted molar refractivity (Wildman–Crippen MR) is 158 cm³/mol. The van der Waals surface area contributed by atoms with Crippen LogP contribution in [0.4, 0.5) is 11.6 Å². The number of benzene rings is 2. The number of nitrogen functional groups attached to an aromatic ring is 1. The van der Waals surface area contributed by atoms with Crippen molar-refractivity contribution < 1.29 is 14.6 Å². The lowest BCUT2D eigenvalue weighted by atomic mass is 10.1. The highest BCUT2D eigenvalue weighted by molar-refractivity contribution is 5.84. The first-order chi connectivity index (χ1) is 20.1. The minimum Gasteiger partial charge on any atom is -0.507 e. The van der Waals surface area contributed by atoms with Gasteiger partial charge in [0.2, 0.25) is 0 Å². The molecular weight excluding hydrogens is 518 g/mol. The molecule has 6 rings (SSSR count). The molecule has 2 aromatic carbocycles. The third kappa shape index (κ3) is 5.60. The van der Waals surface area contributed by atoms with Crippen LogP contribution in [-0.4, -0.2) is 63.8 Å². The van der Waals surface area contributed by atoms with E-state index in [-0.39, 0.29) is 5.75 Å². The topological polar surface area (TPSA) is 131 Å². The molecular formula is C31H31N7O3. The van der Waals surface area contributed by atoms with Gasteiger partial charge in [-0.15, -0.1) is 0 Å². The first kappa shape index (κ1) is 26.4. The van der Waals surface area contributed by atoms with Crippen molar-refractivity contribution in [3.8, 4) is 22.8 Å². The standard InChI is InChI=1S/C31H31N7O3/c32-29-25(2-1-12-34-29)30-35-26-9-10-28(37-14-16-41-17-15-37)36-31(26)38(30)24-7-4-22(5-8-24)19-33-13-11-21-3-6-23(20-39)27(40)18-21/h1-10,12,18,20,33,40H,11,13-17,19H2,(H2,32,34). The second-order valence-electron chi connectivity index (χ2n) is 9.92. The third-order valence-corrected chi connectivity index (χ3v) is 7.24. The number of hydrogen-bond acceptors (Lipinski definition) is 9. The zero-order valence-corrected chi connectivity index (χ0v) is 22.5. The molecule has 1 saturated heterocycles. The van der Waals surface area contributed by atoms with Crippen LogP contribution in [0.5, 0.6) is 5.75 Å². The molecule has 10 nitrogen and oxygen atoms in total. The van der Waals surface area contributed by atoms with Crippen LogP contribution in [0.15, 0.2) is 72.9 Å². The van der Waals surface area contributed by atoms with Crippen molar-refractivity contribution in [1.82, 2.24) is 24.8 Å². The lowest BCUT2D eigenvalue weighted by Crippen LogP contribution is -2.36. The molecule has 4 N–H and O–H groups in total. The average Bonchev–Trinajstić information content (AvgIpc) is 3.39. The molecule has 41 heavy (non-hydrogen) atoms. The Bertz CT molecular complexity index is 1680. The monoisotopic (exact) mass is 549 g/mol. The Morgan fingerprint density at radius 1 is 1.00 bits per heavy atom. The molecule has 4 heterocycles. The van der Waals surface area contributed by atoms with Crippen molar-refractivity contribution >= 4 is 29.1 Å². The summed E-state index contributed by atoms with van der Waals surface area (Å²) in [6, 6.07) is 21.2. The summed E-state index contributed by atoms with van der Waals surface area (Å²) in [4.78, 5) is 27.4. The van der Waals surface area contributed by atoms with E-state index in [1.807, 2.05) is 34.9 Å². The largest absolute Gasteiger partial charge is 0.507 e. The molecule has 0 aliphatic carbocycles. The van der Waals surface area contributed by atoms with E-state index < -0.39 is 0 Å². The summed E-state index contributed by atoms with van der Waals surface area (Å²) in [5.74, 6) is 2.00. The fraction of sp³-hybridized carbons (Fsp3) is 0.226. The zero-order chi connectivity index (χ0) is 28.2. The average molecular weight is 550 g/mol. The van der Waals surface area contributed by atoms with Gasteiger partial charge in [-0.2, -0.15) is 0 Å². The maximum atomic E-state index is 10.9. The number of nitrogens with two attached hydrogens (primary N) is 1. The van der Waals surface area contributed by atoms with Crippen molar-refractivity contribution in [1.29, 1.82) is 0 Å². The quantitative estimate of drug-likeness (QED) is 0.186. The number of phenols is 1. The number of pyridine rings is 2. The molecule has 0 radical (unpaired) electrons. The number of anilines is 2. The van der Waals surface area contributed by atoms with Crippen LogP contribution in [0.3, 0.4) is 0 Å². The minimum absolute atomic E-state index is 0.0130. The van der Waals surface area contributed by atoms with Crippen molar-refractivity contribution in [3.05, 3.63) is 89.6 Å². The first-order valence-electron chi connectivity index (χ1n) is 13.6. The summed E-state index contributed by atoms with van der Waals surface area (Å²) in [6.07, 6.45) is 3.06. The maximum Gasteiger partial charge on any atom is 0.167 e. The molecule has 0 amide bonds. The second-order valence-corrected chi connectivity index (χ2v) is 9.92. The van der Waals surface area contributed by atoms with Crippen LogP contribution in [0.1, 0.15) is 21.5 Å². The van der Waals surface area contributed by atoms with Crippen LogP contribution in [0.25, 0.3) is 28.2 Å². The number of aromatic hydroxyl groups is 1. The fourth-order valence-electron chi connectivity index (χ4n) is 5.02. The van der Waals surface area contributed by atoms with Gasteiger partial charge in [-0.1, -0.05) is 18.2 Å². The molecule has 1 fully saturated rings. The van der Waals surface area contributed by atoms with Gasteiger partial charge in [-0.25, -0.2) is 15.0 Å². The maximum absolute atomic E-state index is 10.9. The fourth-order valence-corrected chi connectivity index (χ4v) is 5.02. The Morgan fingerprint density at radius 2 is 1.80 bits per heavy atom. The third-order valence-electron chi connectivity index (χ3n) is 7.24. The van der Waals surface area contributed by atoms with E-state index in [2.05, 4.69) is 39.5 Å². The van der Waals surface area contributed by atoms with Crippen LogP contribution in [0, 0.1) is 0 Å². The molecule has 208 valence electrons. The Kier molecular flexibility index (Phi) is 7.57. The van der Waals surface area contributed by atoms with Crippen LogP contribution >= 0.6 is 0 Å². The molecule has 10 heteroatoms. The number of aromatic nitrogens is 4. The Labute approximate surface area is 237 Å². The van der Waals surface area contributed by atoms with Crippen molar-refractivity contribution in [2.75, 3.05) is 43.5 Å². The van der Waals surface area contributed by atoms with E-state index >= 15 is 0 Å². The summed E-state index contributed by atoms with van der Waals surface area (Å²) in [6.45, 7) is 4.36. The summed E-state index contributed by atoms with van der Waals surface area (Å²) in [7, 11) is 0. The number of imidazole rings is 1. The summed E-state index contributed by atoms with van der Waals surface area (Å²) >= 11 is 0. The zero-order valence-electron chi connectivity index (χ0n) is 22.5. The van der Waals surface area contributed by atoms with Gasteiger partial charge in [0.05, 0.1) is 24.3 Å². The molecule has 1 aliphatic rings. The summed E-state index contributed by atoms with van der Waals surface area (Å²) < 4.78 is 7.57. The van der Waals surface area contributed by atoms with Gasteiger partial charge in [0.15, 0.2) is 17.8 Å². The number of hydrogen-bond donors (Lipinski definition) is 3. The summed E-state index contributed by atoms with van der Waals surface area (Å²) in [5.41, 5.74) is 11.9. The Hall–Kier alpha value is -4.80. The Balaban J connectivity index is 1.25. The molecule has 0 spiro atoms. The van der Waals surface area contributed by atoms with Crippen LogP contribution in [-0.2, 0) is 17.7 Å². The molecule has 5 aromatic rings. The normalized spacial score (nSPS) is 13.5. The van der Waals surface area contributed by atoms with E-state index in [1.165, 1.54) is 0 Å². The summed E-state index contributed by atoms with van der Waals surface area (Å²) in [5, 5.41) is 13.4. The smallest absolute Gasteiger partial charge is 0.167 e. The highest BCUT2D eigenvalue weighted by Gasteiger charge is 2.20. The van der Waals surface area contributed by atoms with Gasteiger partial charge in [0.25, 0.3) is 0 Å². The lowest BCUT2D eigenvalue weighted by molar-refractivity contribution is 0.112. The minimum atomic E-state index is 0.0130. The molecule has 0 atom stereocenters. The molecule has 0 unspecified atom stereocenters. The van der Waals surface area contributed by atoms with Crippen molar-refractivity contribution in [3.63, 3.8) is 0 Å². The number of carbonyl (C=O) groups excluding carboxylic acids is 1. The highest BCUT2D eigenvalue weighted by Crippen LogP contribution is 2.31. The van der Waals surface area contributed by atoms with E-state index in [0.717, 1.165) is 65.4 Å². The van der Waals surface area contributed by atoms with E-state index in [4.69, 9.17) is 20.4 Å². The van der Waals surface area contributed by atoms with E-state index in [0.29, 0.717) is 43.3 Å². The number of morpholine rings is 1. The van der Waals surface area contributed by atoms with Gasteiger partial charge in [-0.3, -0.25) is 9.36 Å². The van der Waals surface area contributed by atoms with E-state index in [1.54, 1.807) is 18.3 Å². The second kappa shape index (κ2) is 11.7. The van der Waals surface area contributed by atoms with Gasteiger partial charge < -0.3 is 25.8 Å². The number of carbonyl (C=O) groups is 1.